The minimum absolute atomic E-state index is 0. The third-order valence-corrected chi connectivity index (χ3v) is 17.5. The van der Waals surface area contributed by atoms with E-state index in [1.54, 1.807) is 0 Å². The number of halogens is 2. The molecule has 0 N–H and O–H groups in total. The molecule has 5 saturated carbocycles. The summed E-state index contributed by atoms with van der Waals surface area (Å²) >= 11 is 0. The van der Waals surface area contributed by atoms with Gasteiger partial charge >= 0.3 is 11.9 Å². The number of carbonyl (C=O) groups is 2. The van der Waals surface area contributed by atoms with E-state index in [-0.39, 0.29) is 85.7 Å². The molecule has 7 rings (SSSR count). The number of pyridine rings is 1. The summed E-state index contributed by atoms with van der Waals surface area (Å²) in [6.07, 6.45) is 23.3. The molecule has 0 spiro atoms. The van der Waals surface area contributed by atoms with Crippen LogP contribution in [0.4, 0.5) is 0 Å². The lowest BCUT2D eigenvalue weighted by atomic mass is 9.32. The quantitative estimate of drug-likeness (QED) is 0.205. The van der Waals surface area contributed by atoms with Gasteiger partial charge in [-0.1, -0.05) is 72.8 Å². The molecule has 0 saturated heterocycles. The van der Waals surface area contributed by atoms with Gasteiger partial charge in [-0.3, -0.25) is 0 Å². The number of allylic oxidation sites excluding steroid dienone is 2. The molecule has 5 fully saturated rings. The number of nitrogens with zero attached hydrogens (tertiary/aromatic N) is 2. The fourth-order valence-corrected chi connectivity index (χ4v) is 14.8. The second-order valence-corrected chi connectivity index (χ2v) is 20.1. The fraction of sp³-hybridized carbons (Fsp3) is 0.750. The molecule has 13 atom stereocenters. The van der Waals surface area contributed by atoms with Crippen molar-refractivity contribution in [3.63, 3.8) is 0 Å². The Balaban J connectivity index is 0.00000300. The van der Waals surface area contributed by atoms with Crippen molar-refractivity contribution in [1.82, 2.24) is 0 Å². The number of fused-ring (bicyclic) bond motifs is 7. The molecule has 6 aliphatic rings. The number of hydrogen-bond donors (Lipinski definition) is 0. The largest absolute Gasteiger partial charge is 1.00 e. The molecule has 0 aromatic carbocycles. The number of carbonyl (C=O) groups excluding carboxylic acids is 2. The Bertz CT molecular complexity index is 1640. The first-order valence-electron chi connectivity index (χ1n) is 21.9. The van der Waals surface area contributed by atoms with Crippen LogP contribution in [0.2, 0.25) is 0 Å². The lowest BCUT2D eigenvalue weighted by Gasteiger charge is -2.72. The summed E-state index contributed by atoms with van der Waals surface area (Å²) in [5, 5.41) is 0. The molecule has 1 aromatic rings. The summed E-state index contributed by atoms with van der Waals surface area (Å²) < 4.78 is 17.2. The van der Waals surface area contributed by atoms with Crippen LogP contribution in [-0.2, 0) is 19.1 Å². The van der Waals surface area contributed by atoms with Gasteiger partial charge in [0.15, 0.2) is 18.6 Å². The summed E-state index contributed by atoms with van der Waals surface area (Å²) in [6, 6.07) is 5.46. The molecule has 8 heteroatoms. The summed E-state index contributed by atoms with van der Waals surface area (Å²) in [5.41, 5.74) is 1.78. The predicted molar refractivity (Wildman–Crippen MR) is 215 cm³/mol. The Morgan fingerprint density at radius 1 is 0.839 bits per heavy atom. The minimum atomic E-state index is -0.297. The summed E-state index contributed by atoms with van der Waals surface area (Å²) in [7, 11) is 0. The van der Waals surface area contributed by atoms with E-state index in [9.17, 15) is 9.59 Å². The molecule has 0 amide bonds. The standard InChI is InChI=1S/C48H72N2O4.2BrH/c1-10-37(49-26-14-12-15-27-49)43(51)53-31-33-30-48(9)36(42-34(32(3)4)18-19-35(33)42)20-21-40-46(7)24-23-41(45(5,6)39(46)22-25-47(40,48)8)54-44(52)38(11-2)50-28-16-13-17-29-50;;/h12-14,16-17,26,28-29,33-42H,3,10-11,15,18-25,27,30-31H2,1-2,4-9H3;2*1H/q+2;;/p-2/t33-,34+,35?,36?,37?,38?,39?,40?,41+,42?,46+,47-,48-;;/m1../s1. The number of esters is 2. The molecule has 7 unspecified atom stereocenters. The number of aromatic nitrogens is 1. The molecule has 56 heavy (non-hydrogen) atoms. The van der Waals surface area contributed by atoms with E-state index in [1.807, 2.05) is 35.2 Å². The smallest absolute Gasteiger partial charge is 0.376 e. The highest BCUT2D eigenvalue weighted by Crippen LogP contribution is 2.76. The van der Waals surface area contributed by atoms with Gasteiger partial charge in [-0.15, -0.1) is 0 Å². The van der Waals surface area contributed by atoms with Crippen LogP contribution in [0.15, 0.2) is 54.9 Å². The van der Waals surface area contributed by atoms with Crippen molar-refractivity contribution in [2.45, 2.75) is 151 Å². The topological polar surface area (TPSA) is 59.5 Å². The van der Waals surface area contributed by atoms with E-state index in [0.29, 0.717) is 54.5 Å². The van der Waals surface area contributed by atoms with Gasteiger partial charge in [0.2, 0.25) is 6.04 Å². The molecule has 312 valence electrons. The van der Waals surface area contributed by atoms with Gasteiger partial charge in [0, 0.05) is 36.8 Å². The Morgan fingerprint density at radius 3 is 2.20 bits per heavy atom. The van der Waals surface area contributed by atoms with Gasteiger partial charge in [0.1, 0.15) is 12.6 Å². The summed E-state index contributed by atoms with van der Waals surface area (Å²) in [6.45, 7) is 25.3. The average molecular weight is 901 g/mol. The van der Waals surface area contributed by atoms with Crippen LogP contribution in [0, 0.1) is 63.1 Å². The highest BCUT2D eigenvalue weighted by atomic mass is 79.9. The van der Waals surface area contributed by atoms with Crippen molar-refractivity contribution < 1.29 is 62.2 Å². The van der Waals surface area contributed by atoms with Crippen molar-refractivity contribution in [2.24, 2.45) is 63.1 Å². The minimum Gasteiger partial charge on any atom is -1.00 e. The van der Waals surface area contributed by atoms with E-state index < -0.39 is 0 Å². The molecule has 0 bridgehead atoms. The zero-order valence-electron chi connectivity index (χ0n) is 35.8. The first-order valence-corrected chi connectivity index (χ1v) is 21.9. The van der Waals surface area contributed by atoms with Crippen LogP contribution < -0.4 is 38.5 Å². The van der Waals surface area contributed by atoms with Crippen LogP contribution in [0.5, 0.6) is 0 Å². The second-order valence-electron chi connectivity index (χ2n) is 20.1. The fourth-order valence-electron chi connectivity index (χ4n) is 14.8. The molecule has 1 aliphatic heterocycles. The van der Waals surface area contributed by atoms with Crippen molar-refractivity contribution in [3.8, 4) is 0 Å². The SMILES string of the molecule is C=C(C)[C@@H]1CCC2C1C1CCC3[C@@]4(C)CC[C@H](OC(=O)C(CC)[n+]5ccccc5)C(C)(C)C4CC[C@@]3(C)[C@]1(C)C[C@@H]2COC(=O)C(CC)[N+]1=CC=CCC1.[Br-].[Br-]. The Morgan fingerprint density at radius 2 is 1.55 bits per heavy atom. The Labute approximate surface area is 360 Å². The van der Waals surface area contributed by atoms with E-state index in [2.05, 4.69) is 84.9 Å². The van der Waals surface area contributed by atoms with Gasteiger partial charge in [0.05, 0.1) is 6.61 Å². The van der Waals surface area contributed by atoms with Crippen LogP contribution in [0.1, 0.15) is 138 Å². The first kappa shape index (κ1) is 45.3. The van der Waals surface area contributed by atoms with Gasteiger partial charge in [-0.05, 0) is 128 Å². The van der Waals surface area contributed by atoms with Crippen molar-refractivity contribution >= 4 is 18.2 Å². The lowest BCUT2D eigenvalue weighted by molar-refractivity contribution is -0.711. The van der Waals surface area contributed by atoms with Crippen molar-refractivity contribution in [1.29, 1.82) is 0 Å². The zero-order valence-corrected chi connectivity index (χ0v) is 39.0. The van der Waals surface area contributed by atoms with Gasteiger partial charge in [-0.25, -0.2) is 14.2 Å². The predicted octanol–water partition coefficient (Wildman–Crippen LogP) is 3.72. The zero-order chi connectivity index (χ0) is 38.6. The van der Waals surface area contributed by atoms with Crippen molar-refractivity contribution in [3.05, 3.63) is 54.9 Å². The molecule has 5 aliphatic carbocycles. The van der Waals surface area contributed by atoms with E-state index in [1.165, 1.54) is 44.1 Å². The molecule has 2 heterocycles. The maximum atomic E-state index is 13.8. The number of hydrogen-bond acceptors (Lipinski definition) is 4. The van der Waals surface area contributed by atoms with Crippen LogP contribution >= 0.6 is 0 Å². The monoisotopic (exact) mass is 898 g/mol. The summed E-state index contributed by atoms with van der Waals surface area (Å²) in [5.74, 6) is 3.81. The van der Waals surface area contributed by atoms with Crippen molar-refractivity contribution in [2.75, 3.05) is 13.2 Å². The highest BCUT2D eigenvalue weighted by molar-refractivity contribution is 5.76. The van der Waals surface area contributed by atoms with E-state index in [4.69, 9.17) is 9.47 Å². The van der Waals surface area contributed by atoms with E-state index >= 15 is 0 Å². The second kappa shape index (κ2) is 17.4. The Hall–Kier alpha value is -1.80. The molecular weight excluding hydrogens is 828 g/mol. The first-order chi connectivity index (χ1) is 25.7. The number of rotatable bonds is 10. The average Bonchev–Trinajstić information content (AvgIpc) is 3.60. The van der Waals surface area contributed by atoms with E-state index in [0.717, 1.165) is 38.6 Å². The summed E-state index contributed by atoms with van der Waals surface area (Å²) in [4.78, 5) is 27.5. The molecule has 0 radical (unpaired) electrons. The maximum Gasteiger partial charge on any atom is 0.376 e. The third-order valence-electron chi connectivity index (χ3n) is 17.5. The normalized spacial score (nSPS) is 39.0. The van der Waals surface area contributed by atoms with Crippen LogP contribution in [-0.4, -0.2) is 48.0 Å². The Kier molecular flexibility index (Phi) is 14.1. The van der Waals surface area contributed by atoms with Crippen LogP contribution in [0.25, 0.3) is 0 Å². The molecular formula is C48H72Br2N2O4. The molecule has 1 aromatic heterocycles. The van der Waals surface area contributed by atoms with Gasteiger partial charge < -0.3 is 43.4 Å². The molecule has 6 nitrogen and oxygen atoms in total. The highest BCUT2D eigenvalue weighted by Gasteiger charge is 2.70. The number of ether oxygens (including phenoxy) is 2. The maximum absolute atomic E-state index is 13.8. The van der Waals surface area contributed by atoms with Gasteiger partial charge in [-0.2, -0.15) is 4.57 Å². The third kappa shape index (κ3) is 7.49. The van der Waals surface area contributed by atoms with Crippen LogP contribution in [0.3, 0.4) is 0 Å². The van der Waals surface area contributed by atoms with Gasteiger partial charge in [0.25, 0.3) is 6.04 Å². The lowest BCUT2D eigenvalue weighted by Crippen LogP contribution is -3.00.